The van der Waals surface area contributed by atoms with Gasteiger partial charge in [0.05, 0.1) is 13.1 Å². The number of carbonyl (C=O) groups excluding carboxylic acids is 2. The topological polar surface area (TPSA) is 81.9 Å². The molecule has 1 aromatic rings. The fraction of sp³-hybridized carbons (Fsp3) is 0.467. The van der Waals surface area contributed by atoms with Crippen LogP contribution in [0.15, 0.2) is 18.2 Å². The van der Waals surface area contributed by atoms with Gasteiger partial charge < -0.3 is 15.2 Å². The second-order valence-corrected chi connectivity index (χ2v) is 5.02. The molecular formula is C15H20N2O4. The summed E-state index contributed by atoms with van der Waals surface area (Å²) in [5.41, 5.74) is 5.77. The molecule has 1 aromatic carbocycles. The SMILES string of the molecule is CCCCN(CC(N)=O)CC(=O)c1ccc2c(c1)OCO2. The molecule has 21 heavy (non-hydrogen) atoms. The van der Waals surface area contributed by atoms with Crippen molar-refractivity contribution >= 4 is 11.7 Å². The first-order valence-corrected chi connectivity index (χ1v) is 7.03. The van der Waals surface area contributed by atoms with Gasteiger partial charge in [-0.1, -0.05) is 13.3 Å². The first-order chi connectivity index (χ1) is 10.1. The molecule has 0 unspecified atom stereocenters. The lowest BCUT2D eigenvalue weighted by Gasteiger charge is -2.19. The van der Waals surface area contributed by atoms with E-state index in [0.717, 1.165) is 12.8 Å². The van der Waals surface area contributed by atoms with Gasteiger partial charge in [0.25, 0.3) is 0 Å². The molecule has 6 heteroatoms. The molecule has 0 atom stereocenters. The summed E-state index contributed by atoms with van der Waals surface area (Å²) in [6.07, 6.45) is 1.91. The Morgan fingerprint density at radius 3 is 2.71 bits per heavy atom. The van der Waals surface area contributed by atoms with E-state index in [2.05, 4.69) is 6.92 Å². The largest absolute Gasteiger partial charge is 0.454 e. The maximum atomic E-state index is 12.3. The van der Waals surface area contributed by atoms with Crippen LogP contribution in [0.3, 0.4) is 0 Å². The molecule has 114 valence electrons. The van der Waals surface area contributed by atoms with Gasteiger partial charge in [-0.05, 0) is 31.2 Å². The molecular weight excluding hydrogens is 272 g/mol. The third-order valence-corrected chi connectivity index (χ3v) is 3.27. The van der Waals surface area contributed by atoms with E-state index < -0.39 is 5.91 Å². The smallest absolute Gasteiger partial charge is 0.231 e. The molecule has 0 fully saturated rings. The second-order valence-electron chi connectivity index (χ2n) is 5.02. The second kappa shape index (κ2) is 7.08. The summed E-state index contributed by atoms with van der Waals surface area (Å²) in [5, 5.41) is 0. The molecule has 1 amide bonds. The Hall–Kier alpha value is -2.08. The first-order valence-electron chi connectivity index (χ1n) is 7.03. The minimum atomic E-state index is -0.426. The first kappa shape index (κ1) is 15.3. The van der Waals surface area contributed by atoms with Gasteiger partial charge >= 0.3 is 0 Å². The zero-order chi connectivity index (χ0) is 15.2. The Labute approximate surface area is 123 Å². The van der Waals surface area contributed by atoms with E-state index >= 15 is 0 Å². The number of fused-ring (bicyclic) bond motifs is 1. The number of hydrogen-bond acceptors (Lipinski definition) is 5. The number of unbranched alkanes of at least 4 members (excludes halogenated alkanes) is 1. The van der Waals surface area contributed by atoms with Crippen molar-refractivity contribution in [3.05, 3.63) is 23.8 Å². The molecule has 1 aliphatic heterocycles. The number of hydrogen-bond donors (Lipinski definition) is 1. The molecule has 1 aliphatic rings. The van der Waals surface area contributed by atoms with Gasteiger partial charge in [-0.3, -0.25) is 14.5 Å². The number of amides is 1. The average Bonchev–Trinajstić information content (AvgIpc) is 2.91. The van der Waals surface area contributed by atoms with Crippen LogP contribution in [0.1, 0.15) is 30.1 Å². The van der Waals surface area contributed by atoms with Crippen LogP contribution in [0.25, 0.3) is 0 Å². The molecule has 0 aliphatic carbocycles. The van der Waals surface area contributed by atoms with Gasteiger partial charge in [0.2, 0.25) is 12.7 Å². The van der Waals surface area contributed by atoms with Crippen LogP contribution in [0.4, 0.5) is 0 Å². The number of nitrogens with zero attached hydrogens (tertiary/aromatic N) is 1. The summed E-state index contributed by atoms with van der Waals surface area (Å²) in [6, 6.07) is 5.10. The summed E-state index contributed by atoms with van der Waals surface area (Å²) >= 11 is 0. The zero-order valence-electron chi connectivity index (χ0n) is 12.1. The summed E-state index contributed by atoms with van der Waals surface area (Å²) in [6.45, 7) is 3.17. The van der Waals surface area contributed by atoms with Crippen LogP contribution in [0.2, 0.25) is 0 Å². The fourth-order valence-corrected chi connectivity index (χ4v) is 2.18. The van der Waals surface area contributed by atoms with E-state index in [1.54, 1.807) is 23.1 Å². The standard InChI is InChI=1S/C15H20N2O4/c1-2-3-6-17(9-15(16)19)8-12(18)11-4-5-13-14(7-11)21-10-20-13/h4-5,7H,2-3,6,8-10H2,1H3,(H2,16,19). The van der Waals surface area contributed by atoms with Gasteiger partial charge in [-0.15, -0.1) is 0 Å². The van der Waals surface area contributed by atoms with Gasteiger partial charge in [0.1, 0.15) is 0 Å². The molecule has 0 aromatic heterocycles. The predicted molar refractivity (Wildman–Crippen MR) is 77.4 cm³/mol. The van der Waals surface area contributed by atoms with E-state index in [1.165, 1.54) is 0 Å². The average molecular weight is 292 g/mol. The highest BCUT2D eigenvalue weighted by Gasteiger charge is 2.18. The van der Waals surface area contributed by atoms with Crippen LogP contribution >= 0.6 is 0 Å². The van der Waals surface area contributed by atoms with Crippen LogP contribution in [-0.4, -0.2) is 43.0 Å². The lowest BCUT2D eigenvalue weighted by Crippen LogP contribution is -2.38. The molecule has 2 N–H and O–H groups in total. The van der Waals surface area contributed by atoms with Crippen LogP contribution in [0, 0.1) is 0 Å². The molecule has 2 rings (SSSR count). The van der Waals surface area contributed by atoms with Crippen molar-refractivity contribution in [3.63, 3.8) is 0 Å². The summed E-state index contributed by atoms with van der Waals surface area (Å²) in [7, 11) is 0. The summed E-state index contributed by atoms with van der Waals surface area (Å²) in [5.74, 6) is 0.734. The van der Waals surface area contributed by atoms with Crippen molar-refractivity contribution in [3.8, 4) is 11.5 Å². The Morgan fingerprint density at radius 2 is 2.00 bits per heavy atom. The highest BCUT2D eigenvalue weighted by molar-refractivity contribution is 5.98. The van der Waals surface area contributed by atoms with Crippen LogP contribution in [0.5, 0.6) is 11.5 Å². The number of rotatable bonds is 8. The number of benzene rings is 1. The summed E-state index contributed by atoms with van der Waals surface area (Å²) < 4.78 is 10.5. The monoisotopic (exact) mass is 292 g/mol. The van der Waals surface area contributed by atoms with Crippen molar-refractivity contribution < 1.29 is 19.1 Å². The minimum absolute atomic E-state index is 0.0642. The van der Waals surface area contributed by atoms with E-state index in [1.807, 2.05) is 0 Å². The van der Waals surface area contributed by atoms with E-state index in [0.29, 0.717) is 23.6 Å². The highest BCUT2D eigenvalue weighted by Crippen LogP contribution is 2.32. The molecule has 0 bridgehead atoms. The number of Topliss-reactive ketones (excluding diaryl/α,β-unsaturated/α-hetero) is 1. The third kappa shape index (κ3) is 4.19. The normalized spacial score (nSPS) is 12.7. The van der Waals surface area contributed by atoms with E-state index in [9.17, 15) is 9.59 Å². The van der Waals surface area contributed by atoms with Gasteiger partial charge in [0.15, 0.2) is 17.3 Å². The van der Waals surface area contributed by atoms with Crippen molar-refractivity contribution in [1.82, 2.24) is 4.90 Å². The quantitative estimate of drug-likeness (QED) is 0.728. The van der Waals surface area contributed by atoms with Gasteiger partial charge in [0, 0.05) is 5.56 Å². The van der Waals surface area contributed by atoms with Crippen molar-refractivity contribution in [2.75, 3.05) is 26.4 Å². The number of ketones is 1. The molecule has 0 radical (unpaired) electrons. The van der Waals surface area contributed by atoms with E-state index in [4.69, 9.17) is 15.2 Å². The Kier molecular flexibility index (Phi) is 5.16. The Bertz CT molecular complexity index is 530. The number of primary amides is 1. The van der Waals surface area contributed by atoms with Gasteiger partial charge in [-0.25, -0.2) is 0 Å². The number of nitrogens with two attached hydrogens (primary N) is 1. The maximum absolute atomic E-state index is 12.3. The predicted octanol–water partition coefficient (Wildman–Crippen LogP) is 1.19. The van der Waals surface area contributed by atoms with Crippen molar-refractivity contribution in [2.24, 2.45) is 5.73 Å². The van der Waals surface area contributed by atoms with E-state index in [-0.39, 0.29) is 25.7 Å². The molecule has 6 nitrogen and oxygen atoms in total. The number of carbonyl (C=O) groups is 2. The maximum Gasteiger partial charge on any atom is 0.231 e. The van der Waals surface area contributed by atoms with Crippen molar-refractivity contribution in [1.29, 1.82) is 0 Å². The lowest BCUT2D eigenvalue weighted by molar-refractivity contribution is -0.119. The lowest BCUT2D eigenvalue weighted by atomic mass is 10.1. The summed E-state index contributed by atoms with van der Waals surface area (Å²) in [4.78, 5) is 25.2. The zero-order valence-corrected chi connectivity index (χ0v) is 12.1. The number of ether oxygens (including phenoxy) is 2. The molecule has 1 heterocycles. The molecule has 0 saturated carbocycles. The molecule has 0 saturated heterocycles. The highest BCUT2D eigenvalue weighted by atomic mass is 16.7. The van der Waals surface area contributed by atoms with Crippen LogP contribution in [-0.2, 0) is 4.79 Å². The van der Waals surface area contributed by atoms with Gasteiger partial charge in [-0.2, -0.15) is 0 Å². The molecule has 0 spiro atoms. The van der Waals surface area contributed by atoms with Crippen LogP contribution < -0.4 is 15.2 Å². The van der Waals surface area contributed by atoms with Crippen molar-refractivity contribution in [2.45, 2.75) is 19.8 Å². The Morgan fingerprint density at radius 1 is 1.24 bits per heavy atom. The third-order valence-electron chi connectivity index (χ3n) is 3.27. The minimum Gasteiger partial charge on any atom is -0.454 e. The Balaban J connectivity index is 2.02. The fourth-order valence-electron chi connectivity index (χ4n) is 2.18.